The lowest BCUT2D eigenvalue weighted by Gasteiger charge is -2.33. The molecule has 0 bridgehead atoms. The Hall–Kier alpha value is -4.26. The lowest BCUT2D eigenvalue weighted by atomic mass is 9.80. The highest BCUT2D eigenvalue weighted by atomic mass is 16.4. The molecule has 33 heavy (non-hydrogen) atoms. The molecule has 2 aromatic carbocycles. The maximum Gasteiger partial charge on any atom is 0.306 e. The van der Waals surface area contributed by atoms with Crippen molar-refractivity contribution in [2.45, 2.75) is 18.9 Å². The molecule has 162 valence electrons. The number of hydrogen-bond donors (Lipinski definition) is 2. The molecule has 0 atom stereocenters. The maximum atomic E-state index is 11.3. The Morgan fingerprint density at radius 1 is 1.00 bits per heavy atom. The summed E-state index contributed by atoms with van der Waals surface area (Å²) in [6, 6.07) is 20.5. The topological polar surface area (TPSA) is 107 Å². The summed E-state index contributed by atoms with van der Waals surface area (Å²) in [4.78, 5) is 24.9. The molecule has 1 fully saturated rings. The van der Waals surface area contributed by atoms with Crippen LogP contribution < -0.4 is 5.73 Å². The van der Waals surface area contributed by atoms with Gasteiger partial charge in [0, 0.05) is 28.8 Å². The standard InChI is InChI=1S/C26H21N5O2/c27-24-23-20(13-31(25(23)29-14-28-24)19-10-18(11-19)26(32)33)17-7-6-16-8-9-21(30-22(16)12-17)15-4-2-1-3-5-15/h1-9,12-14,18-19H,10-11H2,(H,32,33)(H2,27,28,29). The number of nitrogens with two attached hydrogens (primary N) is 1. The zero-order valence-corrected chi connectivity index (χ0v) is 17.7. The molecule has 0 aliphatic heterocycles. The molecule has 3 aromatic heterocycles. The number of aromatic nitrogens is 4. The largest absolute Gasteiger partial charge is 0.481 e. The van der Waals surface area contributed by atoms with Crippen molar-refractivity contribution in [1.82, 2.24) is 19.5 Å². The first-order valence-electron chi connectivity index (χ1n) is 10.9. The van der Waals surface area contributed by atoms with E-state index in [0.717, 1.165) is 44.3 Å². The maximum absolute atomic E-state index is 11.3. The van der Waals surface area contributed by atoms with Crippen molar-refractivity contribution in [2.75, 3.05) is 5.73 Å². The predicted octanol–water partition coefficient (Wildman–Crippen LogP) is 4.93. The molecule has 0 unspecified atom stereocenters. The fourth-order valence-corrected chi connectivity index (χ4v) is 4.68. The van der Waals surface area contributed by atoms with Crippen LogP contribution in [0.15, 0.2) is 73.2 Å². The van der Waals surface area contributed by atoms with E-state index in [2.05, 4.69) is 38.8 Å². The molecular formula is C26H21N5O2. The van der Waals surface area contributed by atoms with Crippen molar-refractivity contribution in [2.24, 2.45) is 5.92 Å². The summed E-state index contributed by atoms with van der Waals surface area (Å²) in [7, 11) is 0. The van der Waals surface area contributed by atoms with E-state index < -0.39 is 5.97 Å². The third kappa shape index (κ3) is 3.20. The summed E-state index contributed by atoms with van der Waals surface area (Å²) < 4.78 is 2.06. The molecule has 7 heteroatoms. The van der Waals surface area contributed by atoms with Crippen molar-refractivity contribution in [3.05, 3.63) is 73.2 Å². The number of aliphatic carboxylic acids is 1. The van der Waals surface area contributed by atoms with Crippen LogP contribution in [0.5, 0.6) is 0 Å². The van der Waals surface area contributed by atoms with Gasteiger partial charge in [-0.05, 0) is 30.5 Å². The molecule has 3 N–H and O–H groups in total. The van der Waals surface area contributed by atoms with Gasteiger partial charge >= 0.3 is 5.97 Å². The second kappa shape index (κ2) is 7.41. The molecule has 0 radical (unpaired) electrons. The van der Waals surface area contributed by atoms with Crippen molar-refractivity contribution >= 4 is 33.7 Å². The van der Waals surface area contributed by atoms with Gasteiger partial charge in [0.2, 0.25) is 0 Å². The molecule has 1 aliphatic carbocycles. The first-order valence-corrected chi connectivity index (χ1v) is 10.9. The van der Waals surface area contributed by atoms with Crippen molar-refractivity contribution in [3.63, 3.8) is 0 Å². The molecule has 6 rings (SSSR count). The van der Waals surface area contributed by atoms with Crippen LogP contribution >= 0.6 is 0 Å². The molecule has 5 aromatic rings. The number of carboxylic acid groups (broad SMARTS) is 1. The minimum Gasteiger partial charge on any atom is -0.481 e. The van der Waals surface area contributed by atoms with Crippen molar-refractivity contribution in [3.8, 4) is 22.4 Å². The molecule has 0 amide bonds. The normalized spacial score (nSPS) is 17.8. The van der Waals surface area contributed by atoms with E-state index in [-0.39, 0.29) is 12.0 Å². The summed E-state index contributed by atoms with van der Waals surface area (Å²) in [5.41, 5.74) is 11.8. The highest BCUT2D eigenvalue weighted by Gasteiger charge is 2.36. The predicted molar refractivity (Wildman–Crippen MR) is 128 cm³/mol. The van der Waals surface area contributed by atoms with E-state index in [4.69, 9.17) is 10.7 Å². The summed E-state index contributed by atoms with van der Waals surface area (Å²) in [5.74, 6) is -0.641. The molecule has 1 saturated carbocycles. The Balaban J connectivity index is 1.47. The Morgan fingerprint density at radius 3 is 2.58 bits per heavy atom. The second-order valence-electron chi connectivity index (χ2n) is 8.54. The van der Waals surface area contributed by atoms with Gasteiger partial charge in [-0.3, -0.25) is 4.79 Å². The van der Waals surface area contributed by atoms with E-state index in [0.29, 0.717) is 18.7 Å². The number of hydrogen-bond acceptors (Lipinski definition) is 5. The number of benzene rings is 2. The first kappa shape index (κ1) is 19.4. The molecule has 3 heterocycles. The fourth-order valence-electron chi connectivity index (χ4n) is 4.68. The van der Waals surface area contributed by atoms with E-state index in [1.54, 1.807) is 0 Å². The molecule has 1 aliphatic rings. The van der Waals surface area contributed by atoms with Crippen molar-refractivity contribution in [1.29, 1.82) is 0 Å². The Labute approximate surface area is 189 Å². The quantitative estimate of drug-likeness (QED) is 0.414. The zero-order chi connectivity index (χ0) is 22.5. The smallest absolute Gasteiger partial charge is 0.306 e. The summed E-state index contributed by atoms with van der Waals surface area (Å²) in [6.07, 6.45) is 4.66. The van der Waals surface area contributed by atoms with Crippen LogP contribution in [0.4, 0.5) is 5.82 Å². The van der Waals surface area contributed by atoms with Gasteiger partial charge in [0.05, 0.1) is 22.5 Å². The number of nitrogens with zero attached hydrogens (tertiary/aromatic N) is 4. The molecule has 0 spiro atoms. The molecule has 0 saturated heterocycles. The average molecular weight is 435 g/mol. The minimum absolute atomic E-state index is 0.0833. The third-order valence-corrected chi connectivity index (χ3v) is 6.57. The second-order valence-corrected chi connectivity index (χ2v) is 8.54. The van der Waals surface area contributed by atoms with Crippen LogP contribution in [0.3, 0.4) is 0 Å². The van der Waals surface area contributed by atoms with Crippen LogP contribution in [0.25, 0.3) is 44.3 Å². The Bertz CT molecular complexity index is 1520. The van der Waals surface area contributed by atoms with Crippen LogP contribution in [-0.4, -0.2) is 30.6 Å². The summed E-state index contributed by atoms with van der Waals surface area (Å²) >= 11 is 0. The van der Waals surface area contributed by atoms with Gasteiger partial charge in [0.1, 0.15) is 17.8 Å². The monoisotopic (exact) mass is 435 g/mol. The van der Waals surface area contributed by atoms with E-state index in [9.17, 15) is 9.90 Å². The highest BCUT2D eigenvalue weighted by Crippen LogP contribution is 2.43. The van der Waals surface area contributed by atoms with Gasteiger partial charge < -0.3 is 15.4 Å². The number of carboxylic acids is 1. The van der Waals surface area contributed by atoms with E-state index >= 15 is 0 Å². The van der Waals surface area contributed by atoms with Gasteiger partial charge in [-0.2, -0.15) is 0 Å². The highest BCUT2D eigenvalue weighted by molar-refractivity contribution is 6.02. The minimum atomic E-state index is -0.744. The lowest BCUT2D eigenvalue weighted by molar-refractivity contribution is -0.145. The zero-order valence-electron chi connectivity index (χ0n) is 17.7. The number of anilines is 1. The van der Waals surface area contributed by atoms with Crippen LogP contribution in [0.1, 0.15) is 18.9 Å². The number of pyridine rings is 1. The molecular weight excluding hydrogens is 414 g/mol. The lowest BCUT2D eigenvalue weighted by Crippen LogP contribution is -2.32. The number of rotatable bonds is 4. The first-order chi connectivity index (χ1) is 16.1. The summed E-state index contributed by atoms with van der Waals surface area (Å²) in [6.45, 7) is 0. The van der Waals surface area contributed by atoms with Gasteiger partial charge in [0.15, 0.2) is 0 Å². The molecule has 7 nitrogen and oxygen atoms in total. The Morgan fingerprint density at radius 2 is 1.79 bits per heavy atom. The average Bonchev–Trinajstić information content (AvgIpc) is 3.18. The van der Waals surface area contributed by atoms with Gasteiger partial charge in [-0.25, -0.2) is 15.0 Å². The van der Waals surface area contributed by atoms with Gasteiger partial charge in [-0.15, -0.1) is 0 Å². The van der Waals surface area contributed by atoms with Crippen molar-refractivity contribution < 1.29 is 9.90 Å². The van der Waals surface area contributed by atoms with E-state index in [1.165, 1.54) is 6.33 Å². The van der Waals surface area contributed by atoms with Gasteiger partial charge in [0.25, 0.3) is 0 Å². The van der Waals surface area contributed by atoms with E-state index in [1.807, 2.05) is 42.6 Å². The Kier molecular flexibility index (Phi) is 4.36. The number of fused-ring (bicyclic) bond motifs is 2. The van der Waals surface area contributed by atoms with Gasteiger partial charge in [-0.1, -0.05) is 48.5 Å². The van der Waals surface area contributed by atoms with Crippen LogP contribution in [-0.2, 0) is 4.79 Å². The fraction of sp³-hybridized carbons (Fsp3) is 0.154. The van der Waals surface area contributed by atoms with Crippen LogP contribution in [0.2, 0.25) is 0 Å². The third-order valence-electron chi connectivity index (χ3n) is 6.57. The van der Waals surface area contributed by atoms with Crippen LogP contribution in [0, 0.1) is 5.92 Å². The summed E-state index contributed by atoms with van der Waals surface area (Å²) in [5, 5.41) is 11.1. The SMILES string of the molecule is Nc1ncnc2c1c(-c1ccc3ccc(-c4ccccc4)nc3c1)cn2C1CC(C(=O)O)C1. The number of nitrogen functional groups attached to an aromatic ring is 1. The number of carbonyl (C=O) groups is 1.